The van der Waals surface area contributed by atoms with Crippen LogP contribution in [0.25, 0.3) is 0 Å². The number of piperazine rings is 1. The second kappa shape index (κ2) is 7.86. The molecule has 0 saturated carbocycles. The van der Waals surface area contributed by atoms with Crippen molar-refractivity contribution in [3.05, 3.63) is 54.6 Å². The van der Waals surface area contributed by atoms with Crippen LogP contribution in [0, 0.1) is 0 Å². The van der Waals surface area contributed by atoms with Gasteiger partial charge in [0, 0.05) is 37.6 Å². The maximum absolute atomic E-state index is 12.7. The third kappa shape index (κ3) is 4.40. The van der Waals surface area contributed by atoms with Gasteiger partial charge in [-0.3, -0.25) is 0 Å². The lowest BCUT2D eigenvalue weighted by atomic mass is 10.3. The molecule has 0 bridgehead atoms. The molecule has 2 amide bonds. The first kappa shape index (κ1) is 18.4. The molecule has 8 heteroatoms. The minimum Gasteiger partial charge on any atom is -0.308 e. The van der Waals surface area contributed by atoms with Crippen LogP contribution in [0.1, 0.15) is 0 Å². The quantitative estimate of drug-likeness (QED) is 0.860. The van der Waals surface area contributed by atoms with E-state index >= 15 is 0 Å². The number of para-hydroxylation sites is 1. The van der Waals surface area contributed by atoms with Crippen molar-refractivity contribution in [2.24, 2.45) is 0 Å². The van der Waals surface area contributed by atoms with Crippen LogP contribution in [-0.4, -0.2) is 56.9 Å². The zero-order chi connectivity index (χ0) is 18.6. The summed E-state index contributed by atoms with van der Waals surface area (Å²) in [6, 6.07) is 14.9. The van der Waals surface area contributed by atoms with Gasteiger partial charge in [-0.2, -0.15) is 4.31 Å². The third-order valence-corrected chi connectivity index (χ3v) is 6.16. The van der Waals surface area contributed by atoms with Crippen LogP contribution in [0.3, 0.4) is 0 Å². The Labute approximate surface area is 153 Å². The van der Waals surface area contributed by atoms with Crippen LogP contribution in [0.5, 0.6) is 0 Å². The molecule has 2 N–H and O–H groups in total. The topological polar surface area (TPSA) is 81.8 Å². The smallest absolute Gasteiger partial charge is 0.308 e. The molecular weight excluding hydrogens is 352 g/mol. The summed E-state index contributed by atoms with van der Waals surface area (Å²) in [7, 11) is -1.52. The molecular formula is C18H22N4O3S. The molecule has 138 valence electrons. The van der Waals surface area contributed by atoms with E-state index in [1.807, 2.05) is 25.2 Å². The number of rotatable bonds is 4. The van der Waals surface area contributed by atoms with Crippen molar-refractivity contribution in [3.8, 4) is 0 Å². The van der Waals surface area contributed by atoms with Gasteiger partial charge in [0.25, 0.3) is 0 Å². The number of carbonyl (C=O) groups excluding carboxylic acids is 1. The van der Waals surface area contributed by atoms with E-state index in [9.17, 15) is 13.2 Å². The van der Waals surface area contributed by atoms with E-state index in [0.29, 0.717) is 24.5 Å². The Morgan fingerprint density at radius 3 is 1.96 bits per heavy atom. The van der Waals surface area contributed by atoms with Crippen molar-refractivity contribution in [2.45, 2.75) is 4.90 Å². The van der Waals surface area contributed by atoms with Crippen molar-refractivity contribution >= 4 is 27.4 Å². The lowest BCUT2D eigenvalue weighted by molar-refractivity contribution is 0.222. The summed E-state index contributed by atoms with van der Waals surface area (Å²) in [6.45, 7) is 2.41. The van der Waals surface area contributed by atoms with Crippen molar-refractivity contribution in [1.82, 2.24) is 9.21 Å². The predicted molar refractivity (Wildman–Crippen MR) is 102 cm³/mol. The summed E-state index contributed by atoms with van der Waals surface area (Å²) in [5, 5.41) is 5.40. The molecule has 1 fully saturated rings. The second-order valence-electron chi connectivity index (χ2n) is 6.18. The zero-order valence-corrected chi connectivity index (χ0v) is 15.4. The molecule has 0 spiro atoms. The average molecular weight is 374 g/mol. The minimum atomic E-state index is -3.50. The van der Waals surface area contributed by atoms with Gasteiger partial charge in [0.05, 0.1) is 4.90 Å². The standard InChI is InChI=1S/C18H22N4O3S/c1-21-11-13-22(14-12-21)26(24,25)17-9-7-16(8-10-17)20-18(23)19-15-5-3-2-4-6-15/h2-10H,11-14H2,1H3,(H2,19,20,23). The van der Waals surface area contributed by atoms with Gasteiger partial charge < -0.3 is 15.5 Å². The van der Waals surface area contributed by atoms with E-state index in [0.717, 1.165) is 13.1 Å². The summed E-state index contributed by atoms with van der Waals surface area (Å²) in [6.07, 6.45) is 0. The molecule has 0 unspecified atom stereocenters. The normalized spacial score (nSPS) is 16.2. The van der Waals surface area contributed by atoms with E-state index in [1.165, 1.54) is 16.4 Å². The second-order valence-corrected chi connectivity index (χ2v) is 8.11. The number of benzene rings is 2. The van der Waals surface area contributed by atoms with Crippen LogP contribution < -0.4 is 10.6 Å². The lowest BCUT2D eigenvalue weighted by Crippen LogP contribution is -2.46. The maximum Gasteiger partial charge on any atom is 0.323 e. The molecule has 1 aliphatic heterocycles. The predicted octanol–water partition coefficient (Wildman–Crippen LogP) is 2.27. The Morgan fingerprint density at radius 2 is 1.38 bits per heavy atom. The van der Waals surface area contributed by atoms with Crippen LogP contribution in [0.15, 0.2) is 59.5 Å². The van der Waals surface area contributed by atoms with E-state index in [4.69, 9.17) is 0 Å². The molecule has 0 radical (unpaired) electrons. The summed E-state index contributed by atoms with van der Waals surface area (Å²) < 4.78 is 26.9. The molecule has 1 saturated heterocycles. The van der Waals surface area contributed by atoms with E-state index in [-0.39, 0.29) is 10.9 Å². The molecule has 26 heavy (non-hydrogen) atoms. The van der Waals surface area contributed by atoms with Gasteiger partial charge in [0.15, 0.2) is 0 Å². The van der Waals surface area contributed by atoms with Crippen molar-refractivity contribution in [2.75, 3.05) is 43.9 Å². The Kier molecular flexibility index (Phi) is 5.55. The van der Waals surface area contributed by atoms with Crippen molar-refractivity contribution in [1.29, 1.82) is 0 Å². The van der Waals surface area contributed by atoms with Gasteiger partial charge in [0.1, 0.15) is 0 Å². The van der Waals surface area contributed by atoms with Crippen LogP contribution in [0.2, 0.25) is 0 Å². The Bertz CT molecular complexity index is 846. The largest absolute Gasteiger partial charge is 0.323 e. The lowest BCUT2D eigenvalue weighted by Gasteiger charge is -2.31. The number of urea groups is 1. The van der Waals surface area contributed by atoms with Gasteiger partial charge in [0.2, 0.25) is 10.0 Å². The Balaban J connectivity index is 1.63. The van der Waals surface area contributed by atoms with Crippen LogP contribution in [-0.2, 0) is 10.0 Å². The SMILES string of the molecule is CN1CCN(S(=O)(=O)c2ccc(NC(=O)Nc3ccccc3)cc2)CC1. The number of hydrogen-bond acceptors (Lipinski definition) is 4. The van der Waals surface area contributed by atoms with E-state index < -0.39 is 10.0 Å². The summed E-state index contributed by atoms with van der Waals surface area (Å²) in [4.78, 5) is 14.3. The maximum atomic E-state index is 12.7. The first-order valence-corrected chi connectivity index (χ1v) is 9.81. The molecule has 1 aliphatic rings. The average Bonchev–Trinajstić information content (AvgIpc) is 2.63. The van der Waals surface area contributed by atoms with Crippen molar-refractivity contribution in [3.63, 3.8) is 0 Å². The first-order chi connectivity index (χ1) is 12.4. The number of carbonyl (C=O) groups is 1. The molecule has 2 aromatic rings. The summed E-state index contributed by atoms with van der Waals surface area (Å²) in [5.74, 6) is 0. The Morgan fingerprint density at radius 1 is 0.846 bits per heavy atom. The highest BCUT2D eigenvalue weighted by Crippen LogP contribution is 2.20. The number of amides is 2. The fourth-order valence-electron chi connectivity index (χ4n) is 2.70. The monoisotopic (exact) mass is 374 g/mol. The van der Waals surface area contributed by atoms with Crippen LogP contribution in [0.4, 0.5) is 16.2 Å². The molecule has 1 heterocycles. The highest BCUT2D eigenvalue weighted by molar-refractivity contribution is 7.89. The third-order valence-electron chi connectivity index (χ3n) is 4.24. The number of nitrogens with zero attached hydrogens (tertiary/aromatic N) is 2. The molecule has 0 aromatic heterocycles. The molecule has 0 aliphatic carbocycles. The van der Waals surface area contributed by atoms with Crippen molar-refractivity contribution < 1.29 is 13.2 Å². The molecule has 3 rings (SSSR count). The number of likely N-dealkylation sites (N-methyl/N-ethyl adjacent to an activating group) is 1. The van der Waals surface area contributed by atoms with Gasteiger partial charge in [-0.05, 0) is 43.4 Å². The van der Waals surface area contributed by atoms with E-state index in [2.05, 4.69) is 15.5 Å². The molecule has 2 aromatic carbocycles. The number of nitrogens with one attached hydrogen (secondary N) is 2. The first-order valence-electron chi connectivity index (χ1n) is 8.37. The highest BCUT2D eigenvalue weighted by Gasteiger charge is 2.27. The summed E-state index contributed by atoms with van der Waals surface area (Å²) in [5.41, 5.74) is 1.20. The summed E-state index contributed by atoms with van der Waals surface area (Å²) >= 11 is 0. The fourth-order valence-corrected chi connectivity index (χ4v) is 4.12. The van der Waals surface area contributed by atoms with Crippen LogP contribution >= 0.6 is 0 Å². The minimum absolute atomic E-state index is 0.232. The molecule has 0 atom stereocenters. The van der Waals surface area contributed by atoms with Gasteiger partial charge in [-0.15, -0.1) is 0 Å². The van der Waals surface area contributed by atoms with Gasteiger partial charge in [-0.1, -0.05) is 18.2 Å². The molecule has 7 nitrogen and oxygen atoms in total. The number of hydrogen-bond donors (Lipinski definition) is 2. The number of anilines is 2. The van der Waals surface area contributed by atoms with Gasteiger partial charge >= 0.3 is 6.03 Å². The zero-order valence-electron chi connectivity index (χ0n) is 14.6. The highest BCUT2D eigenvalue weighted by atomic mass is 32.2. The van der Waals surface area contributed by atoms with Gasteiger partial charge in [-0.25, -0.2) is 13.2 Å². The van der Waals surface area contributed by atoms with E-state index in [1.54, 1.807) is 24.3 Å². The fraction of sp³-hybridized carbons (Fsp3) is 0.278. The Hall–Kier alpha value is -2.42. The number of sulfonamides is 1.